The second kappa shape index (κ2) is 10.4. The zero-order chi connectivity index (χ0) is 24.9. The van der Waals surface area contributed by atoms with Gasteiger partial charge in [0.15, 0.2) is 0 Å². The van der Waals surface area contributed by atoms with Crippen molar-refractivity contribution in [3.05, 3.63) is 77.9 Å². The Morgan fingerprint density at radius 1 is 1.15 bits per heavy atom. The molecule has 2 amide bonds. The fraction of sp³-hybridized carbons (Fsp3) is 0.304. The Morgan fingerprint density at radius 3 is 2.50 bits per heavy atom. The van der Waals surface area contributed by atoms with Crippen LogP contribution in [0.4, 0.5) is 18.9 Å². The Hall–Kier alpha value is -3.18. The number of hydrogen-bond acceptors (Lipinski definition) is 4. The summed E-state index contributed by atoms with van der Waals surface area (Å²) in [6, 6.07) is 11.0. The molecule has 0 aliphatic carbocycles. The highest BCUT2D eigenvalue weighted by Crippen LogP contribution is 2.30. The van der Waals surface area contributed by atoms with Crippen molar-refractivity contribution in [2.75, 3.05) is 18.4 Å². The van der Waals surface area contributed by atoms with Crippen LogP contribution in [0.15, 0.2) is 61.2 Å². The van der Waals surface area contributed by atoms with Crippen LogP contribution in [0.2, 0.25) is 0 Å². The van der Waals surface area contributed by atoms with Crippen molar-refractivity contribution < 1.29 is 31.2 Å². The van der Waals surface area contributed by atoms with Gasteiger partial charge in [0.25, 0.3) is 0 Å². The van der Waals surface area contributed by atoms with E-state index in [9.17, 15) is 31.2 Å². The number of anilines is 1. The third kappa shape index (κ3) is 6.91. The summed E-state index contributed by atoms with van der Waals surface area (Å²) in [5.74, 6) is -1.59. The van der Waals surface area contributed by atoms with Gasteiger partial charge in [-0.2, -0.15) is 13.2 Å². The number of benzene rings is 2. The van der Waals surface area contributed by atoms with E-state index in [1.54, 1.807) is 24.3 Å². The Bertz CT molecular complexity index is 1160. The van der Waals surface area contributed by atoms with Crippen LogP contribution in [0.1, 0.15) is 23.1 Å². The standard InChI is InChI=1S/C23H24F3N3O4S/c1-2-10-27-34(32,33)15-16-6-8-20(9-7-16)28-22(31)18-12-21(30)29(14-18)13-17-4-3-5-19(11-17)23(24,25)26/h2-9,11,18,27H,1,10,12-15H2,(H,28,31). The van der Waals surface area contributed by atoms with Crippen molar-refractivity contribution in [2.24, 2.45) is 5.92 Å². The quantitative estimate of drug-likeness (QED) is 0.522. The SMILES string of the molecule is C=CCNS(=O)(=O)Cc1ccc(NC(=O)C2CC(=O)N(Cc3cccc(C(F)(F)F)c3)C2)cc1. The number of carbonyl (C=O) groups is 2. The molecule has 1 atom stereocenters. The molecule has 2 aromatic carbocycles. The molecule has 0 spiro atoms. The third-order valence-corrected chi connectivity index (χ3v) is 6.56. The van der Waals surface area contributed by atoms with Gasteiger partial charge in [-0.1, -0.05) is 30.3 Å². The summed E-state index contributed by atoms with van der Waals surface area (Å²) >= 11 is 0. The minimum Gasteiger partial charge on any atom is -0.338 e. The van der Waals surface area contributed by atoms with Gasteiger partial charge in [0.05, 0.1) is 17.2 Å². The van der Waals surface area contributed by atoms with Gasteiger partial charge in [0.1, 0.15) is 0 Å². The third-order valence-electron chi connectivity index (χ3n) is 5.24. The van der Waals surface area contributed by atoms with Gasteiger partial charge in [0, 0.05) is 31.7 Å². The van der Waals surface area contributed by atoms with Crippen LogP contribution >= 0.6 is 0 Å². The molecule has 34 heavy (non-hydrogen) atoms. The van der Waals surface area contributed by atoms with Gasteiger partial charge in [-0.3, -0.25) is 9.59 Å². The van der Waals surface area contributed by atoms with Crippen LogP contribution < -0.4 is 10.0 Å². The maximum absolute atomic E-state index is 12.9. The average molecular weight is 496 g/mol. The number of alkyl halides is 3. The number of sulfonamides is 1. The highest BCUT2D eigenvalue weighted by Gasteiger charge is 2.35. The smallest absolute Gasteiger partial charge is 0.338 e. The zero-order valence-electron chi connectivity index (χ0n) is 18.1. The summed E-state index contributed by atoms with van der Waals surface area (Å²) in [7, 11) is -3.51. The lowest BCUT2D eigenvalue weighted by molar-refractivity contribution is -0.137. The number of carbonyl (C=O) groups excluding carboxylic acids is 2. The molecule has 0 saturated carbocycles. The van der Waals surface area contributed by atoms with E-state index >= 15 is 0 Å². The van der Waals surface area contributed by atoms with Crippen molar-refractivity contribution >= 4 is 27.5 Å². The van der Waals surface area contributed by atoms with Crippen LogP contribution in [0.5, 0.6) is 0 Å². The number of hydrogen-bond donors (Lipinski definition) is 2. The molecule has 1 heterocycles. The van der Waals surface area contributed by atoms with Crippen LogP contribution in [-0.2, 0) is 38.1 Å². The zero-order valence-corrected chi connectivity index (χ0v) is 19.0. The lowest BCUT2D eigenvalue weighted by Gasteiger charge is -2.18. The van der Waals surface area contributed by atoms with Gasteiger partial charge in [-0.15, -0.1) is 6.58 Å². The summed E-state index contributed by atoms with van der Waals surface area (Å²) in [5.41, 5.74) is 0.503. The molecule has 2 aromatic rings. The number of nitrogens with one attached hydrogen (secondary N) is 2. The number of likely N-dealkylation sites (tertiary alicyclic amines) is 1. The van der Waals surface area contributed by atoms with E-state index in [-0.39, 0.29) is 37.7 Å². The van der Waals surface area contributed by atoms with E-state index in [0.29, 0.717) is 16.8 Å². The summed E-state index contributed by atoms with van der Waals surface area (Å²) in [4.78, 5) is 26.3. The maximum Gasteiger partial charge on any atom is 0.416 e. The lowest BCUT2D eigenvalue weighted by Crippen LogP contribution is -2.28. The second-order valence-corrected chi connectivity index (χ2v) is 9.76. The first-order chi connectivity index (χ1) is 16.0. The molecule has 2 N–H and O–H groups in total. The molecule has 3 rings (SSSR count). The molecule has 1 fully saturated rings. The minimum atomic E-state index is -4.48. The highest BCUT2D eigenvalue weighted by atomic mass is 32.2. The molecule has 1 aliphatic rings. The van der Waals surface area contributed by atoms with Crippen LogP contribution in [0, 0.1) is 5.92 Å². The number of nitrogens with zero attached hydrogens (tertiary/aromatic N) is 1. The van der Waals surface area contributed by atoms with Crippen molar-refractivity contribution in [3.63, 3.8) is 0 Å². The fourth-order valence-corrected chi connectivity index (χ4v) is 4.66. The summed E-state index contributed by atoms with van der Waals surface area (Å²) < 4.78 is 65.0. The predicted octanol–water partition coefficient (Wildman–Crippen LogP) is 3.30. The van der Waals surface area contributed by atoms with Crippen LogP contribution in [0.25, 0.3) is 0 Å². The van der Waals surface area contributed by atoms with Crippen molar-refractivity contribution in [2.45, 2.75) is 24.9 Å². The minimum absolute atomic E-state index is 0.0183. The van der Waals surface area contributed by atoms with E-state index in [1.807, 2.05) is 0 Å². The van der Waals surface area contributed by atoms with Gasteiger partial charge in [0.2, 0.25) is 21.8 Å². The molecular formula is C23H24F3N3O4S. The normalized spacial score (nSPS) is 16.5. The molecule has 1 aliphatic heterocycles. The average Bonchev–Trinajstić information content (AvgIpc) is 3.13. The molecule has 0 bridgehead atoms. The molecule has 1 unspecified atom stereocenters. The first-order valence-electron chi connectivity index (χ1n) is 10.4. The molecule has 11 heteroatoms. The molecular weight excluding hydrogens is 471 g/mol. The number of halogens is 3. The lowest BCUT2D eigenvalue weighted by atomic mass is 10.1. The van der Waals surface area contributed by atoms with Crippen molar-refractivity contribution in [1.82, 2.24) is 9.62 Å². The van der Waals surface area contributed by atoms with Gasteiger partial charge < -0.3 is 10.2 Å². The molecule has 1 saturated heterocycles. The van der Waals surface area contributed by atoms with E-state index < -0.39 is 33.6 Å². The Labute approximate surface area is 195 Å². The molecule has 0 aromatic heterocycles. The fourth-order valence-electron chi connectivity index (χ4n) is 3.55. The monoisotopic (exact) mass is 495 g/mol. The Balaban J connectivity index is 1.57. The molecule has 182 valence electrons. The summed E-state index contributed by atoms with van der Waals surface area (Å²) in [6.07, 6.45) is -3.09. The van der Waals surface area contributed by atoms with Gasteiger partial charge >= 0.3 is 6.18 Å². The molecule has 7 nitrogen and oxygen atoms in total. The van der Waals surface area contributed by atoms with Crippen LogP contribution in [0.3, 0.4) is 0 Å². The van der Waals surface area contributed by atoms with E-state index in [1.165, 1.54) is 23.1 Å². The number of rotatable bonds is 9. The highest BCUT2D eigenvalue weighted by molar-refractivity contribution is 7.88. The second-order valence-electron chi connectivity index (χ2n) is 7.96. The number of amides is 2. The summed E-state index contributed by atoms with van der Waals surface area (Å²) in [6.45, 7) is 3.65. The molecule has 0 radical (unpaired) electrons. The van der Waals surface area contributed by atoms with E-state index in [2.05, 4.69) is 16.6 Å². The van der Waals surface area contributed by atoms with E-state index in [4.69, 9.17) is 0 Å². The predicted molar refractivity (Wildman–Crippen MR) is 121 cm³/mol. The summed E-state index contributed by atoms with van der Waals surface area (Å²) in [5, 5.41) is 2.70. The van der Waals surface area contributed by atoms with Gasteiger partial charge in [-0.25, -0.2) is 13.1 Å². The van der Waals surface area contributed by atoms with Gasteiger partial charge in [-0.05, 0) is 35.4 Å². The maximum atomic E-state index is 12.9. The van der Waals surface area contributed by atoms with Crippen LogP contribution in [-0.4, -0.2) is 38.2 Å². The van der Waals surface area contributed by atoms with E-state index in [0.717, 1.165) is 12.1 Å². The first-order valence-corrected chi connectivity index (χ1v) is 12.0. The Morgan fingerprint density at radius 2 is 1.85 bits per heavy atom. The largest absolute Gasteiger partial charge is 0.416 e. The Kier molecular flexibility index (Phi) is 7.78. The first kappa shape index (κ1) is 25.4. The topological polar surface area (TPSA) is 95.6 Å². The van der Waals surface area contributed by atoms with Crippen molar-refractivity contribution in [3.8, 4) is 0 Å². The van der Waals surface area contributed by atoms with Crippen molar-refractivity contribution in [1.29, 1.82) is 0 Å².